The molecule has 20 heavy (non-hydrogen) atoms. The Labute approximate surface area is 115 Å². The third-order valence-corrected chi connectivity index (χ3v) is 3.02. The fourth-order valence-electron chi connectivity index (χ4n) is 1.95. The molecule has 1 aliphatic rings. The van der Waals surface area contributed by atoms with Gasteiger partial charge >= 0.3 is 11.8 Å². The fraction of sp³-hybridized carbons (Fsp3) is 0.500. The van der Waals surface area contributed by atoms with Gasteiger partial charge in [-0.1, -0.05) is 5.16 Å². The summed E-state index contributed by atoms with van der Waals surface area (Å²) in [6.45, 7) is 3.12. The average molecular weight is 280 g/mol. The zero-order chi connectivity index (χ0) is 14.5. The standard InChI is InChI=1S/C12H16N4O4/c1-7-6-9(16-20-7)14-11(18)12(19)15-10(17)8-2-4-13-5-3-8/h6,8,13H,2-5H2,1H3,(H,14,16,18)(H,15,17,19). The Bertz CT molecular complexity index is 519. The molecule has 0 radical (unpaired) electrons. The van der Waals surface area contributed by atoms with Gasteiger partial charge < -0.3 is 9.84 Å². The molecule has 3 amide bonds. The van der Waals surface area contributed by atoms with Crippen LogP contribution in [0.4, 0.5) is 5.82 Å². The Kier molecular flexibility index (Phi) is 4.46. The fourth-order valence-corrected chi connectivity index (χ4v) is 1.95. The molecule has 8 nitrogen and oxygen atoms in total. The van der Waals surface area contributed by atoms with Gasteiger partial charge in [0.1, 0.15) is 5.76 Å². The van der Waals surface area contributed by atoms with Crippen LogP contribution in [0.2, 0.25) is 0 Å². The molecule has 1 aromatic heterocycles. The molecule has 0 spiro atoms. The Balaban J connectivity index is 1.84. The zero-order valence-corrected chi connectivity index (χ0v) is 11.1. The van der Waals surface area contributed by atoms with Crippen molar-refractivity contribution in [2.45, 2.75) is 19.8 Å². The van der Waals surface area contributed by atoms with E-state index >= 15 is 0 Å². The van der Waals surface area contributed by atoms with Crippen molar-refractivity contribution in [1.29, 1.82) is 0 Å². The van der Waals surface area contributed by atoms with Crippen LogP contribution in [0.5, 0.6) is 0 Å². The van der Waals surface area contributed by atoms with Crippen LogP contribution >= 0.6 is 0 Å². The highest BCUT2D eigenvalue weighted by Crippen LogP contribution is 2.11. The monoisotopic (exact) mass is 280 g/mol. The molecule has 0 atom stereocenters. The lowest BCUT2D eigenvalue weighted by atomic mass is 9.97. The van der Waals surface area contributed by atoms with Gasteiger partial charge in [0.25, 0.3) is 0 Å². The molecular formula is C12H16N4O4. The topological polar surface area (TPSA) is 113 Å². The Hall–Kier alpha value is -2.22. The highest BCUT2D eigenvalue weighted by molar-refractivity contribution is 6.41. The number of hydrogen-bond donors (Lipinski definition) is 3. The van der Waals surface area contributed by atoms with Gasteiger partial charge in [0.05, 0.1) is 0 Å². The Morgan fingerprint density at radius 1 is 1.30 bits per heavy atom. The first-order valence-electron chi connectivity index (χ1n) is 6.36. The van der Waals surface area contributed by atoms with E-state index in [1.807, 2.05) is 0 Å². The van der Waals surface area contributed by atoms with Crippen LogP contribution in [0, 0.1) is 12.8 Å². The number of carbonyl (C=O) groups is 3. The molecule has 1 aromatic rings. The number of carbonyl (C=O) groups excluding carboxylic acids is 3. The number of aryl methyl sites for hydroxylation is 1. The summed E-state index contributed by atoms with van der Waals surface area (Å²) in [5, 5.41) is 11.0. The summed E-state index contributed by atoms with van der Waals surface area (Å²) >= 11 is 0. The summed E-state index contributed by atoms with van der Waals surface area (Å²) in [5.41, 5.74) is 0. The van der Waals surface area contributed by atoms with E-state index in [0.29, 0.717) is 18.6 Å². The molecule has 108 valence electrons. The van der Waals surface area contributed by atoms with Gasteiger partial charge in [0.15, 0.2) is 5.82 Å². The second-order valence-electron chi connectivity index (χ2n) is 4.62. The minimum absolute atomic E-state index is 0.136. The van der Waals surface area contributed by atoms with Crippen LogP contribution in [0.25, 0.3) is 0 Å². The van der Waals surface area contributed by atoms with Crippen molar-refractivity contribution in [3.63, 3.8) is 0 Å². The van der Waals surface area contributed by atoms with E-state index in [0.717, 1.165) is 13.1 Å². The maximum absolute atomic E-state index is 11.8. The number of anilines is 1. The van der Waals surface area contributed by atoms with E-state index in [2.05, 4.69) is 21.1 Å². The summed E-state index contributed by atoms with van der Waals surface area (Å²) in [5.74, 6) is -1.94. The molecule has 0 saturated carbocycles. The van der Waals surface area contributed by atoms with E-state index in [-0.39, 0.29) is 11.7 Å². The number of piperidine rings is 1. The van der Waals surface area contributed by atoms with Crippen molar-refractivity contribution in [3.8, 4) is 0 Å². The summed E-state index contributed by atoms with van der Waals surface area (Å²) in [6.07, 6.45) is 1.31. The second-order valence-corrected chi connectivity index (χ2v) is 4.62. The summed E-state index contributed by atoms with van der Waals surface area (Å²) in [6, 6.07) is 1.47. The van der Waals surface area contributed by atoms with E-state index in [4.69, 9.17) is 4.52 Å². The lowest BCUT2D eigenvalue weighted by Gasteiger charge is -2.21. The van der Waals surface area contributed by atoms with E-state index in [9.17, 15) is 14.4 Å². The molecule has 8 heteroatoms. The van der Waals surface area contributed by atoms with Crippen molar-refractivity contribution < 1.29 is 18.9 Å². The van der Waals surface area contributed by atoms with Crippen LogP contribution in [-0.2, 0) is 14.4 Å². The zero-order valence-electron chi connectivity index (χ0n) is 11.1. The van der Waals surface area contributed by atoms with Gasteiger partial charge in [0, 0.05) is 12.0 Å². The molecule has 1 saturated heterocycles. The molecule has 0 bridgehead atoms. The third kappa shape index (κ3) is 3.64. The van der Waals surface area contributed by atoms with Gasteiger partial charge in [-0.05, 0) is 32.9 Å². The van der Waals surface area contributed by atoms with Gasteiger partial charge in [-0.15, -0.1) is 0 Å². The van der Waals surface area contributed by atoms with Gasteiger partial charge in [-0.2, -0.15) is 0 Å². The van der Waals surface area contributed by atoms with E-state index in [1.54, 1.807) is 6.92 Å². The molecule has 1 fully saturated rings. The first-order valence-corrected chi connectivity index (χ1v) is 6.36. The van der Waals surface area contributed by atoms with Crippen LogP contribution in [0.3, 0.4) is 0 Å². The lowest BCUT2D eigenvalue weighted by molar-refractivity contribution is -0.141. The molecule has 0 aromatic carbocycles. The van der Waals surface area contributed by atoms with Gasteiger partial charge in [0.2, 0.25) is 5.91 Å². The average Bonchev–Trinajstić information content (AvgIpc) is 2.85. The largest absolute Gasteiger partial charge is 0.360 e. The van der Waals surface area contributed by atoms with E-state index in [1.165, 1.54) is 6.07 Å². The van der Waals surface area contributed by atoms with Crippen molar-refractivity contribution in [2.24, 2.45) is 5.92 Å². The first kappa shape index (κ1) is 14.2. The Morgan fingerprint density at radius 3 is 2.60 bits per heavy atom. The van der Waals surface area contributed by atoms with Crippen LogP contribution < -0.4 is 16.0 Å². The van der Waals surface area contributed by atoms with Crippen molar-refractivity contribution in [3.05, 3.63) is 11.8 Å². The van der Waals surface area contributed by atoms with Crippen molar-refractivity contribution in [1.82, 2.24) is 15.8 Å². The molecule has 2 heterocycles. The predicted octanol–water partition coefficient (Wildman–Crippen LogP) is -0.436. The maximum atomic E-state index is 11.8. The highest BCUT2D eigenvalue weighted by atomic mass is 16.5. The summed E-state index contributed by atoms with van der Waals surface area (Å²) in [7, 11) is 0. The summed E-state index contributed by atoms with van der Waals surface area (Å²) < 4.78 is 4.75. The lowest BCUT2D eigenvalue weighted by Crippen LogP contribution is -2.44. The van der Waals surface area contributed by atoms with Crippen molar-refractivity contribution in [2.75, 3.05) is 18.4 Å². The van der Waals surface area contributed by atoms with E-state index < -0.39 is 17.7 Å². The minimum atomic E-state index is -0.991. The van der Waals surface area contributed by atoms with Gasteiger partial charge in [-0.25, -0.2) is 0 Å². The highest BCUT2D eigenvalue weighted by Gasteiger charge is 2.25. The number of nitrogens with zero attached hydrogens (tertiary/aromatic N) is 1. The molecular weight excluding hydrogens is 264 g/mol. The number of amides is 3. The SMILES string of the molecule is Cc1cc(NC(=O)C(=O)NC(=O)C2CCNCC2)no1. The maximum Gasteiger partial charge on any atom is 0.316 e. The van der Waals surface area contributed by atoms with Gasteiger partial charge in [-0.3, -0.25) is 25.0 Å². The normalized spacial score (nSPS) is 15.7. The number of nitrogens with one attached hydrogen (secondary N) is 3. The number of aromatic nitrogens is 1. The molecule has 3 N–H and O–H groups in total. The van der Waals surface area contributed by atoms with Crippen LogP contribution in [0.15, 0.2) is 10.6 Å². The van der Waals surface area contributed by atoms with Crippen molar-refractivity contribution >= 4 is 23.5 Å². The quantitative estimate of drug-likeness (QED) is 0.633. The molecule has 0 unspecified atom stereocenters. The molecule has 1 aliphatic heterocycles. The number of imide groups is 1. The number of rotatable bonds is 2. The third-order valence-electron chi connectivity index (χ3n) is 3.02. The number of hydrogen-bond acceptors (Lipinski definition) is 6. The molecule has 2 rings (SSSR count). The summed E-state index contributed by atoms with van der Waals surface area (Å²) in [4.78, 5) is 35.0. The van der Waals surface area contributed by atoms with Crippen LogP contribution in [-0.4, -0.2) is 36.0 Å². The Morgan fingerprint density at radius 2 is 2.00 bits per heavy atom. The minimum Gasteiger partial charge on any atom is -0.360 e. The predicted molar refractivity (Wildman–Crippen MR) is 68.6 cm³/mol. The second kappa shape index (κ2) is 6.29. The van der Waals surface area contributed by atoms with Crippen LogP contribution in [0.1, 0.15) is 18.6 Å². The smallest absolute Gasteiger partial charge is 0.316 e. The molecule has 0 aliphatic carbocycles. The first-order chi connectivity index (χ1) is 9.56.